The van der Waals surface area contributed by atoms with E-state index in [-0.39, 0.29) is 18.5 Å². The minimum absolute atomic E-state index is 0.0398. The fraction of sp³-hybridized carbons (Fsp3) is 0.440. The first-order valence-corrected chi connectivity index (χ1v) is 13.9. The Kier molecular flexibility index (Phi) is 9.70. The van der Waals surface area contributed by atoms with Gasteiger partial charge in [0.1, 0.15) is 12.6 Å². The summed E-state index contributed by atoms with van der Waals surface area (Å²) in [7, 11) is -3.75. The monoisotopic (exact) mass is 551 g/mol. The highest BCUT2D eigenvalue weighted by Crippen LogP contribution is 2.24. The van der Waals surface area contributed by atoms with Gasteiger partial charge in [0, 0.05) is 17.1 Å². The molecule has 0 heterocycles. The van der Waals surface area contributed by atoms with Gasteiger partial charge in [-0.25, -0.2) is 8.42 Å². The van der Waals surface area contributed by atoms with Crippen LogP contribution in [0, 0.1) is 13.8 Å². The van der Waals surface area contributed by atoms with Crippen LogP contribution < -0.4 is 9.62 Å². The molecule has 0 fully saturated rings. The summed E-state index contributed by atoms with van der Waals surface area (Å²) >= 11 is 3.40. The first kappa shape index (κ1) is 27.9. The fourth-order valence-corrected chi connectivity index (χ4v) is 4.58. The number of anilines is 1. The molecule has 0 saturated carbocycles. The molecule has 0 aliphatic heterocycles. The average molecular weight is 553 g/mol. The van der Waals surface area contributed by atoms with E-state index in [1.807, 2.05) is 57.2 Å². The third-order valence-electron chi connectivity index (χ3n) is 5.75. The van der Waals surface area contributed by atoms with Crippen molar-refractivity contribution in [1.29, 1.82) is 0 Å². The Morgan fingerprint density at radius 3 is 2.24 bits per heavy atom. The van der Waals surface area contributed by atoms with Crippen LogP contribution in [0.4, 0.5) is 5.69 Å². The quantitative estimate of drug-likeness (QED) is 0.480. The van der Waals surface area contributed by atoms with Crippen molar-refractivity contribution in [2.45, 2.75) is 59.7 Å². The van der Waals surface area contributed by atoms with E-state index in [1.165, 1.54) is 4.90 Å². The molecule has 0 saturated heterocycles. The molecule has 0 aromatic heterocycles. The minimum Gasteiger partial charge on any atom is -0.352 e. The number of amides is 2. The van der Waals surface area contributed by atoms with E-state index in [4.69, 9.17) is 0 Å². The molecule has 0 radical (unpaired) electrons. The molecule has 0 aliphatic rings. The molecule has 0 bridgehead atoms. The van der Waals surface area contributed by atoms with Gasteiger partial charge in [-0.1, -0.05) is 47.1 Å². The second kappa shape index (κ2) is 11.8. The van der Waals surface area contributed by atoms with Crippen LogP contribution in [-0.2, 0) is 26.2 Å². The number of hydrogen-bond acceptors (Lipinski definition) is 4. The number of nitrogens with one attached hydrogen (secondary N) is 1. The van der Waals surface area contributed by atoms with E-state index in [9.17, 15) is 18.0 Å². The van der Waals surface area contributed by atoms with Gasteiger partial charge in [0.2, 0.25) is 21.8 Å². The molecule has 2 amide bonds. The van der Waals surface area contributed by atoms with E-state index in [2.05, 4.69) is 21.2 Å². The van der Waals surface area contributed by atoms with Crippen molar-refractivity contribution in [2.75, 3.05) is 17.1 Å². The highest BCUT2D eigenvalue weighted by atomic mass is 79.9. The highest BCUT2D eigenvalue weighted by molar-refractivity contribution is 9.10. The molecule has 9 heteroatoms. The van der Waals surface area contributed by atoms with E-state index in [0.717, 1.165) is 38.1 Å². The van der Waals surface area contributed by atoms with Crippen LogP contribution in [-0.4, -0.2) is 50.0 Å². The largest absolute Gasteiger partial charge is 0.352 e. The van der Waals surface area contributed by atoms with Gasteiger partial charge in [-0.2, -0.15) is 0 Å². The zero-order valence-corrected chi connectivity index (χ0v) is 23.0. The average Bonchev–Trinajstić information content (AvgIpc) is 2.77. The number of hydrogen-bond donors (Lipinski definition) is 1. The van der Waals surface area contributed by atoms with Crippen LogP contribution >= 0.6 is 15.9 Å². The second-order valence-corrected chi connectivity index (χ2v) is 11.5. The Bertz CT molecular complexity index is 1120. The lowest BCUT2D eigenvalue weighted by Gasteiger charge is -2.32. The van der Waals surface area contributed by atoms with Crippen molar-refractivity contribution in [2.24, 2.45) is 0 Å². The van der Waals surface area contributed by atoms with Crippen molar-refractivity contribution in [3.8, 4) is 0 Å². The molecule has 2 aromatic rings. The summed E-state index contributed by atoms with van der Waals surface area (Å²) in [4.78, 5) is 27.9. The molecule has 34 heavy (non-hydrogen) atoms. The minimum atomic E-state index is -3.75. The van der Waals surface area contributed by atoms with Gasteiger partial charge in [0.15, 0.2) is 0 Å². The Morgan fingerprint density at radius 2 is 1.68 bits per heavy atom. The highest BCUT2D eigenvalue weighted by Gasteiger charge is 2.31. The molecule has 2 aromatic carbocycles. The Hall–Kier alpha value is -2.39. The normalized spacial score (nSPS) is 13.1. The van der Waals surface area contributed by atoms with Crippen molar-refractivity contribution in [3.63, 3.8) is 0 Å². The third-order valence-corrected chi connectivity index (χ3v) is 7.40. The summed E-state index contributed by atoms with van der Waals surface area (Å²) in [5.41, 5.74) is 2.91. The van der Waals surface area contributed by atoms with Gasteiger partial charge in [-0.3, -0.25) is 13.9 Å². The van der Waals surface area contributed by atoms with Crippen LogP contribution in [0.1, 0.15) is 43.9 Å². The third kappa shape index (κ3) is 7.56. The first-order valence-electron chi connectivity index (χ1n) is 11.2. The predicted octanol–water partition coefficient (Wildman–Crippen LogP) is 4.16. The van der Waals surface area contributed by atoms with Crippen molar-refractivity contribution in [3.05, 3.63) is 63.6 Å². The number of carbonyl (C=O) groups is 2. The van der Waals surface area contributed by atoms with Crippen molar-refractivity contribution in [1.82, 2.24) is 10.2 Å². The first-order chi connectivity index (χ1) is 15.8. The SMILES string of the molecule is CC[C@H](C)NC(=O)[C@H](C)N(Cc1ccc(Br)cc1)C(=O)CN(c1cc(C)ccc1C)S(C)(=O)=O. The topological polar surface area (TPSA) is 86.8 Å². The molecule has 0 spiro atoms. The molecule has 2 rings (SSSR count). The van der Waals surface area contributed by atoms with E-state index < -0.39 is 28.5 Å². The van der Waals surface area contributed by atoms with Crippen LogP contribution in [0.15, 0.2) is 46.9 Å². The molecule has 0 aliphatic carbocycles. The number of rotatable bonds is 10. The van der Waals surface area contributed by atoms with Gasteiger partial charge in [-0.05, 0) is 69.0 Å². The van der Waals surface area contributed by atoms with Gasteiger partial charge >= 0.3 is 0 Å². The van der Waals surface area contributed by atoms with Crippen molar-refractivity contribution < 1.29 is 18.0 Å². The molecule has 2 atom stereocenters. The van der Waals surface area contributed by atoms with E-state index >= 15 is 0 Å². The maximum absolute atomic E-state index is 13.6. The Morgan fingerprint density at radius 1 is 1.06 bits per heavy atom. The summed E-state index contributed by atoms with van der Waals surface area (Å²) in [6.45, 7) is 8.97. The van der Waals surface area contributed by atoms with E-state index in [1.54, 1.807) is 19.9 Å². The molecular formula is C25H34BrN3O4S. The van der Waals surface area contributed by atoms with Crippen molar-refractivity contribution >= 4 is 43.5 Å². The van der Waals surface area contributed by atoms with Gasteiger partial charge in [-0.15, -0.1) is 0 Å². The molecule has 1 N–H and O–H groups in total. The summed E-state index contributed by atoms with van der Waals surface area (Å²) in [5.74, 6) is -0.737. The number of nitrogens with zero attached hydrogens (tertiary/aromatic N) is 2. The Balaban J connectivity index is 2.42. The number of carbonyl (C=O) groups excluding carboxylic acids is 2. The summed E-state index contributed by atoms with van der Waals surface area (Å²) in [5, 5.41) is 2.92. The van der Waals surface area contributed by atoms with Crippen LogP contribution in [0.5, 0.6) is 0 Å². The van der Waals surface area contributed by atoms with E-state index in [0.29, 0.717) is 5.69 Å². The smallest absolute Gasteiger partial charge is 0.244 e. The summed E-state index contributed by atoms with van der Waals surface area (Å²) in [6, 6.07) is 12.1. The standard InChI is InChI=1S/C25H34BrN3O4S/c1-7-19(4)27-25(31)20(5)28(15-21-10-12-22(26)13-11-21)24(30)16-29(34(6,32)33)23-14-17(2)8-9-18(23)3/h8-14,19-20H,7,15-16H2,1-6H3,(H,27,31)/t19-,20-/m0/s1. The second-order valence-electron chi connectivity index (χ2n) is 8.70. The predicted molar refractivity (Wildman–Crippen MR) is 140 cm³/mol. The van der Waals surface area contributed by atoms with Crippen LogP contribution in [0.25, 0.3) is 0 Å². The molecular weight excluding hydrogens is 518 g/mol. The summed E-state index contributed by atoms with van der Waals surface area (Å²) < 4.78 is 27.4. The lowest BCUT2D eigenvalue weighted by atomic mass is 10.1. The number of aryl methyl sites for hydroxylation is 2. The lowest BCUT2D eigenvalue weighted by Crippen LogP contribution is -2.52. The Labute approximate surface area is 211 Å². The molecule has 7 nitrogen and oxygen atoms in total. The summed E-state index contributed by atoms with van der Waals surface area (Å²) in [6.07, 6.45) is 1.84. The number of benzene rings is 2. The zero-order chi connectivity index (χ0) is 25.6. The maximum Gasteiger partial charge on any atom is 0.244 e. The maximum atomic E-state index is 13.6. The van der Waals surface area contributed by atoms with Gasteiger partial charge < -0.3 is 10.2 Å². The zero-order valence-electron chi connectivity index (χ0n) is 20.6. The lowest BCUT2D eigenvalue weighted by molar-refractivity contribution is -0.139. The number of halogens is 1. The number of sulfonamides is 1. The van der Waals surface area contributed by atoms with Crippen LogP contribution in [0.2, 0.25) is 0 Å². The fourth-order valence-electron chi connectivity index (χ4n) is 3.42. The van der Waals surface area contributed by atoms with Gasteiger partial charge in [0.25, 0.3) is 0 Å². The molecule has 0 unspecified atom stereocenters. The van der Waals surface area contributed by atoms with Gasteiger partial charge in [0.05, 0.1) is 11.9 Å². The van der Waals surface area contributed by atoms with Crippen LogP contribution in [0.3, 0.4) is 0 Å². The molecule has 186 valence electrons.